The summed E-state index contributed by atoms with van der Waals surface area (Å²) < 4.78 is 0. The summed E-state index contributed by atoms with van der Waals surface area (Å²) in [4.78, 5) is 11.7. The van der Waals surface area contributed by atoms with Crippen molar-refractivity contribution in [3.05, 3.63) is 11.9 Å². The topological polar surface area (TPSA) is 84.4 Å². The van der Waals surface area contributed by atoms with Crippen LogP contribution < -0.4 is 16.9 Å². The van der Waals surface area contributed by atoms with Gasteiger partial charge in [0.25, 0.3) is 0 Å². The average Bonchev–Trinajstić information content (AvgIpc) is 2.34. The summed E-state index contributed by atoms with van der Waals surface area (Å²) in [6, 6.07) is 0. The predicted octanol–water partition coefficient (Wildman–Crippen LogP) is 2.34. The maximum absolute atomic E-state index is 11.7. The molecule has 0 saturated heterocycles. The van der Waals surface area contributed by atoms with Gasteiger partial charge in [-0.25, -0.2) is 5.84 Å². The molecule has 0 atom stereocenters. The first-order valence-corrected chi connectivity index (χ1v) is 8.05. The van der Waals surface area contributed by atoms with E-state index in [-0.39, 0.29) is 5.91 Å². The van der Waals surface area contributed by atoms with E-state index in [4.69, 9.17) is 11.6 Å². The summed E-state index contributed by atoms with van der Waals surface area (Å²) in [5.74, 6) is 7.06. The molecule has 0 radical (unpaired) electrons. The van der Waals surface area contributed by atoms with Gasteiger partial charge in [0.2, 0.25) is 5.91 Å². The Hall–Kier alpha value is -1.23. The van der Waals surface area contributed by atoms with Gasteiger partial charge in [0, 0.05) is 24.9 Å². The lowest BCUT2D eigenvalue weighted by Crippen LogP contribution is -2.33. The summed E-state index contributed by atoms with van der Waals surface area (Å²) in [6.07, 6.45) is 6.75. The van der Waals surface area contributed by atoms with Gasteiger partial charge in [0.05, 0.1) is 6.54 Å². The van der Waals surface area contributed by atoms with Crippen molar-refractivity contribution >= 4 is 5.91 Å². The van der Waals surface area contributed by atoms with Gasteiger partial charge in [0.15, 0.2) is 0 Å². The molecule has 5 N–H and O–H groups in total. The molecule has 0 saturated carbocycles. The first kappa shape index (κ1) is 19.8. The number of nitrogens with one attached hydrogen (secondary N) is 1. The van der Waals surface area contributed by atoms with E-state index in [0.717, 1.165) is 25.3 Å². The van der Waals surface area contributed by atoms with Gasteiger partial charge in [0.1, 0.15) is 0 Å². The molecule has 0 rings (SSSR count). The third kappa shape index (κ3) is 13.5. The van der Waals surface area contributed by atoms with Crippen LogP contribution in [0.2, 0.25) is 0 Å². The number of hydrogen-bond acceptors (Lipinski definition) is 4. The van der Waals surface area contributed by atoms with Crippen molar-refractivity contribution in [2.24, 2.45) is 23.4 Å². The zero-order valence-corrected chi connectivity index (χ0v) is 14.2. The Morgan fingerprint density at radius 1 is 1.14 bits per heavy atom. The number of unbranched alkanes of at least 4 members (excludes halogenated alkanes) is 2. The lowest BCUT2D eigenvalue weighted by Gasteiger charge is -2.17. The van der Waals surface area contributed by atoms with Gasteiger partial charge < -0.3 is 16.1 Å². The molecular weight excluding hydrogens is 264 g/mol. The SMILES string of the molecule is CC(C)CCCCCC(=O)NC/C(N)=C/N(N)CC(C)C. The van der Waals surface area contributed by atoms with E-state index in [2.05, 4.69) is 33.0 Å². The Kier molecular flexibility index (Phi) is 10.8. The zero-order valence-electron chi connectivity index (χ0n) is 14.2. The van der Waals surface area contributed by atoms with E-state index >= 15 is 0 Å². The summed E-state index contributed by atoms with van der Waals surface area (Å²) in [5, 5.41) is 4.39. The second kappa shape index (κ2) is 11.4. The van der Waals surface area contributed by atoms with E-state index < -0.39 is 0 Å². The van der Waals surface area contributed by atoms with Gasteiger partial charge in [-0.2, -0.15) is 0 Å². The van der Waals surface area contributed by atoms with Crippen molar-refractivity contribution in [3.63, 3.8) is 0 Å². The van der Waals surface area contributed by atoms with Crippen LogP contribution in [0.15, 0.2) is 11.9 Å². The first-order valence-electron chi connectivity index (χ1n) is 8.05. The molecule has 1 amide bonds. The molecule has 0 aliphatic heterocycles. The van der Waals surface area contributed by atoms with Crippen LogP contribution in [-0.2, 0) is 4.79 Å². The minimum Gasteiger partial charge on any atom is -0.399 e. The fraction of sp³-hybridized carbons (Fsp3) is 0.812. The Morgan fingerprint density at radius 2 is 1.81 bits per heavy atom. The van der Waals surface area contributed by atoms with Crippen LogP contribution in [0.25, 0.3) is 0 Å². The quantitative estimate of drug-likeness (QED) is 0.310. The molecule has 0 aromatic heterocycles. The largest absolute Gasteiger partial charge is 0.399 e. The van der Waals surface area contributed by atoms with Crippen LogP contribution in [-0.4, -0.2) is 24.0 Å². The highest BCUT2D eigenvalue weighted by molar-refractivity contribution is 5.76. The second-order valence-electron chi connectivity index (χ2n) is 6.56. The smallest absolute Gasteiger partial charge is 0.220 e. The number of rotatable bonds is 11. The highest BCUT2D eigenvalue weighted by Crippen LogP contribution is 2.09. The van der Waals surface area contributed by atoms with Gasteiger partial charge in [-0.05, 0) is 18.3 Å². The van der Waals surface area contributed by atoms with Gasteiger partial charge in [-0.1, -0.05) is 47.0 Å². The summed E-state index contributed by atoms with van der Waals surface area (Å²) >= 11 is 0. The van der Waals surface area contributed by atoms with Crippen LogP contribution in [0.1, 0.15) is 59.8 Å². The number of nitrogens with two attached hydrogens (primary N) is 2. The maximum Gasteiger partial charge on any atom is 0.220 e. The molecule has 0 aliphatic carbocycles. The Labute approximate surface area is 130 Å². The van der Waals surface area contributed by atoms with Gasteiger partial charge >= 0.3 is 0 Å². The van der Waals surface area contributed by atoms with E-state index in [1.54, 1.807) is 11.2 Å². The second-order valence-corrected chi connectivity index (χ2v) is 6.56. The molecule has 0 aliphatic rings. The molecule has 0 unspecified atom stereocenters. The third-order valence-corrected chi connectivity index (χ3v) is 3.08. The number of hydrogen-bond donors (Lipinski definition) is 3. The van der Waals surface area contributed by atoms with Crippen LogP contribution in [0, 0.1) is 11.8 Å². The number of hydrazine groups is 1. The Morgan fingerprint density at radius 3 is 2.38 bits per heavy atom. The summed E-state index contributed by atoms with van der Waals surface area (Å²) in [5.41, 5.74) is 6.41. The van der Waals surface area contributed by atoms with Crippen LogP contribution in [0.4, 0.5) is 0 Å². The minimum atomic E-state index is 0.0586. The van der Waals surface area contributed by atoms with Crippen molar-refractivity contribution in [2.75, 3.05) is 13.1 Å². The summed E-state index contributed by atoms with van der Waals surface area (Å²) in [7, 11) is 0. The van der Waals surface area contributed by atoms with E-state index in [1.165, 1.54) is 12.8 Å². The molecule has 0 aromatic rings. The van der Waals surface area contributed by atoms with Crippen molar-refractivity contribution in [3.8, 4) is 0 Å². The van der Waals surface area contributed by atoms with Crippen molar-refractivity contribution in [2.45, 2.75) is 59.8 Å². The lowest BCUT2D eigenvalue weighted by molar-refractivity contribution is -0.121. The fourth-order valence-corrected chi connectivity index (χ4v) is 2.04. The Balaban J connectivity index is 3.74. The monoisotopic (exact) mass is 298 g/mol. The Bertz CT molecular complexity index is 313. The van der Waals surface area contributed by atoms with E-state index in [0.29, 0.717) is 24.6 Å². The van der Waals surface area contributed by atoms with Crippen LogP contribution in [0.3, 0.4) is 0 Å². The fourth-order valence-electron chi connectivity index (χ4n) is 2.04. The molecule has 0 heterocycles. The lowest BCUT2D eigenvalue weighted by atomic mass is 10.0. The molecule has 21 heavy (non-hydrogen) atoms. The van der Waals surface area contributed by atoms with Crippen LogP contribution >= 0.6 is 0 Å². The number of carbonyl (C=O) groups excluding carboxylic acids is 1. The molecular formula is C16H34N4O. The number of amides is 1. The first-order chi connectivity index (χ1) is 9.81. The van der Waals surface area contributed by atoms with Crippen molar-refractivity contribution < 1.29 is 4.79 Å². The summed E-state index contributed by atoms with van der Waals surface area (Å²) in [6.45, 7) is 9.72. The standard InChI is InChI=1S/C16H34N4O/c1-13(2)8-6-5-7-9-16(21)19-10-15(17)12-20(18)11-14(3)4/h12-14H,5-11,17-18H2,1-4H3,(H,19,21)/b15-12-. The minimum absolute atomic E-state index is 0.0586. The molecule has 124 valence electrons. The van der Waals surface area contributed by atoms with Gasteiger partial charge in [-0.15, -0.1) is 0 Å². The van der Waals surface area contributed by atoms with E-state index in [9.17, 15) is 4.79 Å². The number of carbonyl (C=O) groups is 1. The van der Waals surface area contributed by atoms with Gasteiger partial charge in [-0.3, -0.25) is 4.79 Å². The van der Waals surface area contributed by atoms with Crippen LogP contribution in [0.5, 0.6) is 0 Å². The van der Waals surface area contributed by atoms with Crippen molar-refractivity contribution in [1.29, 1.82) is 0 Å². The number of nitrogens with zero attached hydrogens (tertiary/aromatic N) is 1. The average molecular weight is 298 g/mol. The highest BCUT2D eigenvalue weighted by Gasteiger charge is 2.03. The predicted molar refractivity (Wildman–Crippen MR) is 88.9 cm³/mol. The van der Waals surface area contributed by atoms with Crippen molar-refractivity contribution in [1.82, 2.24) is 10.3 Å². The maximum atomic E-state index is 11.7. The molecule has 0 bridgehead atoms. The third-order valence-electron chi connectivity index (χ3n) is 3.08. The molecule has 0 fully saturated rings. The van der Waals surface area contributed by atoms with E-state index in [1.807, 2.05) is 0 Å². The zero-order chi connectivity index (χ0) is 16.3. The molecule has 5 heteroatoms. The molecule has 5 nitrogen and oxygen atoms in total. The highest BCUT2D eigenvalue weighted by atomic mass is 16.1. The molecule has 0 spiro atoms. The normalized spacial score (nSPS) is 12.0. The molecule has 0 aromatic carbocycles.